The molecule has 3 rings (SSSR count). The standard InChI is InChI=1S/C4H6OS/c1-3-2-6-4(1)5-3/h3-4H,1-2H2. The summed E-state index contributed by atoms with van der Waals surface area (Å²) < 4.78 is 5.21. The summed E-state index contributed by atoms with van der Waals surface area (Å²) in [6, 6.07) is 0. The topological polar surface area (TPSA) is 9.23 Å². The molecule has 0 aromatic rings. The summed E-state index contributed by atoms with van der Waals surface area (Å²) in [5.74, 6) is 1.25. The van der Waals surface area contributed by atoms with Gasteiger partial charge in [0.1, 0.15) is 5.44 Å². The van der Waals surface area contributed by atoms with Crippen LogP contribution in [0.2, 0.25) is 0 Å². The maximum Gasteiger partial charge on any atom is 0.106 e. The molecule has 0 saturated carbocycles. The van der Waals surface area contributed by atoms with E-state index >= 15 is 0 Å². The van der Waals surface area contributed by atoms with E-state index in [-0.39, 0.29) is 0 Å². The van der Waals surface area contributed by atoms with Gasteiger partial charge in [-0.25, -0.2) is 0 Å². The van der Waals surface area contributed by atoms with E-state index < -0.39 is 0 Å². The Morgan fingerprint density at radius 2 is 2.50 bits per heavy atom. The quantitative estimate of drug-likeness (QED) is 0.448. The summed E-state index contributed by atoms with van der Waals surface area (Å²) in [5.41, 5.74) is 0.606. The molecule has 0 aliphatic carbocycles. The van der Waals surface area contributed by atoms with Gasteiger partial charge >= 0.3 is 0 Å². The Labute approximate surface area is 41.1 Å². The predicted octanol–water partition coefficient (Wildman–Crippen LogP) is 0.848. The van der Waals surface area contributed by atoms with Crippen LogP contribution in [0.5, 0.6) is 0 Å². The third-order valence-corrected chi connectivity index (χ3v) is 2.51. The van der Waals surface area contributed by atoms with E-state index in [4.69, 9.17) is 4.74 Å². The molecule has 0 spiro atoms. The molecule has 0 N–H and O–H groups in total. The van der Waals surface area contributed by atoms with Crippen molar-refractivity contribution in [1.29, 1.82) is 0 Å². The summed E-state index contributed by atoms with van der Waals surface area (Å²) in [6.07, 6.45) is 1.98. The molecule has 0 aromatic carbocycles. The summed E-state index contributed by atoms with van der Waals surface area (Å²) in [4.78, 5) is 0. The molecule has 0 amide bonds. The highest BCUT2D eigenvalue weighted by Crippen LogP contribution is 2.40. The third-order valence-electron chi connectivity index (χ3n) is 1.27. The number of hydrogen-bond acceptors (Lipinski definition) is 2. The summed E-state index contributed by atoms with van der Waals surface area (Å²) in [6.45, 7) is 0. The van der Waals surface area contributed by atoms with Gasteiger partial charge in [-0.15, -0.1) is 11.8 Å². The maximum atomic E-state index is 5.21. The minimum Gasteiger partial charge on any atom is -0.363 e. The second kappa shape index (κ2) is 0.928. The minimum atomic E-state index is 0.606. The molecular formula is C4H6OS. The lowest BCUT2D eigenvalue weighted by Gasteiger charge is -2.21. The molecule has 0 radical (unpaired) electrons. The Morgan fingerprint density at radius 1 is 1.67 bits per heavy atom. The van der Waals surface area contributed by atoms with E-state index in [9.17, 15) is 0 Å². The second-order valence-corrected chi connectivity index (χ2v) is 2.95. The number of thioether (sulfide) groups is 1. The summed E-state index contributed by atoms with van der Waals surface area (Å²) in [5, 5.41) is 0. The lowest BCUT2D eigenvalue weighted by Crippen LogP contribution is -2.25. The molecule has 3 heterocycles. The highest BCUT2D eigenvalue weighted by Gasteiger charge is 2.37. The van der Waals surface area contributed by atoms with Crippen molar-refractivity contribution >= 4 is 11.8 Å². The zero-order chi connectivity index (χ0) is 3.98. The van der Waals surface area contributed by atoms with Crippen molar-refractivity contribution in [3.63, 3.8) is 0 Å². The fraction of sp³-hybridized carbons (Fsp3) is 1.00. The van der Waals surface area contributed by atoms with Crippen LogP contribution < -0.4 is 0 Å². The van der Waals surface area contributed by atoms with E-state index in [1.165, 1.54) is 12.2 Å². The van der Waals surface area contributed by atoms with Crippen molar-refractivity contribution in [3.05, 3.63) is 0 Å². The molecule has 1 nitrogen and oxygen atoms in total. The first-order valence-corrected chi connectivity index (χ1v) is 3.27. The fourth-order valence-electron chi connectivity index (χ4n) is 0.848. The van der Waals surface area contributed by atoms with Crippen molar-refractivity contribution in [1.82, 2.24) is 0 Å². The first-order valence-electron chi connectivity index (χ1n) is 2.22. The molecule has 6 heavy (non-hydrogen) atoms. The van der Waals surface area contributed by atoms with Gasteiger partial charge in [-0.1, -0.05) is 0 Å². The molecule has 3 saturated heterocycles. The van der Waals surface area contributed by atoms with E-state index in [0.717, 1.165) is 0 Å². The molecule has 3 aliphatic rings. The average molecular weight is 102 g/mol. The highest BCUT2D eigenvalue weighted by molar-refractivity contribution is 8.00. The zero-order valence-electron chi connectivity index (χ0n) is 3.39. The largest absolute Gasteiger partial charge is 0.363 e. The van der Waals surface area contributed by atoms with Crippen molar-refractivity contribution in [2.45, 2.75) is 18.0 Å². The Hall–Kier alpha value is 0.310. The van der Waals surface area contributed by atoms with Gasteiger partial charge in [0.2, 0.25) is 0 Å². The van der Waals surface area contributed by atoms with Gasteiger partial charge in [-0.05, 0) is 0 Å². The van der Waals surface area contributed by atoms with Crippen LogP contribution in [0.1, 0.15) is 6.42 Å². The SMILES string of the molecule is C1SC2CC1O2. The van der Waals surface area contributed by atoms with Gasteiger partial charge in [0.05, 0.1) is 6.10 Å². The van der Waals surface area contributed by atoms with Gasteiger partial charge in [0, 0.05) is 12.2 Å². The van der Waals surface area contributed by atoms with Gasteiger partial charge < -0.3 is 4.74 Å². The molecule has 3 fully saturated rings. The van der Waals surface area contributed by atoms with Crippen LogP contribution in [0.25, 0.3) is 0 Å². The lowest BCUT2D eigenvalue weighted by molar-refractivity contribution is -0.0411. The zero-order valence-corrected chi connectivity index (χ0v) is 4.20. The van der Waals surface area contributed by atoms with Crippen LogP contribution in [0.15, 0.2) is 0 Å². The molecule has 3 aliphatic heterocycles. The Balaban J connectivity index is 2.16. The van der Waals surface area contributed by atoms with Crippen LogP contribution in [0, 0.1) is 0 Å². The average Bonchev–Trinajstić information content (AvgIpc) is 1.72. The van der Waals surface area contributed by atoms with E-state index in [2.05, 4.69) is 0 Å². The van der Waals surface area contributed by atoms with Gasteiger partial charge in [-0.3, -0.25) is 0 Å². The molecule has 0 aromatic heterocycles. The first kappa shape index (κ1) is 3.33. The monoisotopic (exact) mass is 102 g/mol. The molecule has 2 heteroatoms. The number of ether oxygens (including phenoxy) is 1. The van der Waals surface area contributed by atoms with Crippen molar-refractivity contribution in [3.8, 4) is 0 Å². The third kappa shape index (κ3) is 0.267. The predicted molar refractivity (Wildman–Crippen MR) is 25.7 cm³/mol. The Kier molecular flexibility index (Phi) is 0.515. The second-order valence-electron chi connectivity index (χ2n) is 1.76. The normalized spacial score (nSPS) is 52.0. The van der Waals surface area contributed by atoms with E-state index in [1.807, 2.05) is 11.8 Å². The molecule has 34 valence electrons. The molecule has 2 bridgehead atoms. The van der Waals surface area contributed by atoms with Crippen LogP contribution in [0.3, 0.4) is 0 Å². The lowest BCUT2D eigenvalue weighted by atomic mass is 10.2. The minimum absolute atomic E-state index is 0.606. The van der Waals surface area contributed by atoms with Crippen LogP contribution in [-0.2, 0) is 4.74 Å². The van der Waals surface area contributed by atoms with Crippen molar-refractivity contribution in [2.24, 2.45) is 0 Å². The van der Waals surface area contributed by atoms with Crippen LogP contribution in [0.4, 0.5) is 0 Å². The molecule has 2 atom stereocenters. The summed E-state index contributed by atoms with van der Waals surface area (Å²) >= 11 is 1.95. The van der Waals surface area contributed by atoms with Gasteiger partial charge in [-0.2, -0.15) is 0 Å². The first-order chi connectivity index (χ1) is 2.95. The van der Waals surface area contributed by atoms with E-state index in [1.54, 1.807) is 0 Å². The van der Waals surface area contributed by atoms with Gasteiger partial charge in [0.15, 0.2) is 0 Å². The number of hydrogen-bond donors (Lipinski definition) is 0. The van der Waals surface area contributed by atoms with Crippen molar-refractivity contribution < 1.29 is 4.74 Å². The number of fused-ring (bicyclic) bond motifs is 1. The Morgan fingerprint density at radius 3 is 2.67 bits per heavy atom. The van der Waals surface area contributed by atoms with Crippen LogP contribution >= 0.6 is 11.8 Å². The van der Waals surface area contributed by atoms with Gasteiger partial charge in [0.25, 0.3) is 0 Å². The van der Waals surface area contributed by atoms with Crippen molar-refractivity contribution in [2.75, 3.05) is 5.75 Å². The Bertz CT molecular complexity index is 54.4. The number of rotatable bonds is 0. The van der Waals surface area contributed by atoms with E-state index in [0.29, 0.717) is 11.5 Å². The highest BCUT2D eigenvalue weighted by atomic mass is 32.2. The summed E-state index contributed by atoms with van der Waals surface area (Å²) in [7, 11) is 0. The smallest absolute Gasteiger partial charge is 0.106 e. The van der Waals surface area contributed by atoms with Crippen LogP contribution in [-0.4, -0.2) is 17.3 Å². The maximum absolute atomic E-state index is 5.21. The fourth-order valence-corrected chi connectivity index (χ4v) is 2.08. The molecule has 2 unspecified atom stereocenters. The molecular weight excluding hydrogens is 96.1 g/mol.